The minimum Gasteiger partial charge on any atom is -0.337 e. The van der Waals surface area contributed by atoms with E-state index < -0.39 is 18.0 Å². The number of rotatable bonds is 4. The van der Waals surface area contributed by atoms with E-state index in [0.717, 1.165) is 20.5 Å². The molecule has 0 bridgehead atoms. The fourth-order valence-corrected chi connectivity index (χ4v) is 3.74. The maximum atomic E-state index is 13.0. The Morgan fingerprint density at radius 3 is 2.50 bits per heavy atom. The van der Waals surface area contributed by atoms with Gasteiger partial charge in [-0.15, -0.1) is 0 Å². The van der Waals surface area contributed by atoms with Crippen LogP contribution < -0.4 is 4.90 Å². The van der Waals surface area contributed by atoms with Crippen LogP contribution in [-0.2, 0) is 16.1 Å². The largest absolute Gasteiger partial charge is 0.337 e. The summed E-state index contributed by atoms with van der Waals surface area (Å²) in [5.74, 6) is -0.0458. The molecule has 2 amide bonds. The Kier molecular flexibility index (Phi) is 4.43. The van der Waals surface area contributed by atoms with Gasteiger partial charge in [-0.2, -0.15) is 10.1 Å². The first-order valence-corrected chi connectivity index (χ1v) is 10.0. The van der Waals surface area contributed by atoms with Crippen molar-refractivity contribution < 1.29 is 14.1 Å². The van der Waals surface area contributed by atoms with E-state index in [-0.39, 0.29) is 18.3 Å². The van der Waals surface area contributed by atoms with Crippen molar-refractivity contribution in [2.75, 3.05) is 4.90 Å². The van der Waals surface area contributed by atoms with Gasteiger partial charge in [0.2, 0.25) is 11.7 Å². The predicted octanol–water partition coefficient (Wildman–Crippen LogP) is 3.30. The van der Waals surface area contributed by atoms with E-state index in [4.69, 9.17) is 4.52 Å². The summed E-state index contributed by atoms with van der Waals surface area (Å²) in [5.41, 5.74) is 2.45. The molecule has 1 saturated heterocycles. The second-order valence-electron chi connectivity index (χ2n) is 7.06. The van der Waals surface area contributed by atoms with Gasteiger partial charge in [0.05, 0.1) is 5.69 Å². The second-order valence-corrected chi connectivity index (χ2v) is 7.97. The summed E-state index contributed by atoms with van der Waals surface area (Å²) >= 11 is 3.35. The number of halogens is 1. The van der Waals surface area contributed by atoms with E-state index in [0.29, 0.717) is 11.5 Å². The summed E-state index contributed by atoms with van der Waals surface area (Å²) in [6.07, 6.45) is 0. The summed E-state index contributed by atoms with van der Waals surface area (Å²) in [5, 5.41) is 13.4. The molecule has 150 valence electrons. The third-order valence-electron chi connectivity index (χ3n) is 5.02. The monoisotopic (exact) mass is 466 g/mol. The number of carbonyl (C=O) groups is 2. The molecule has 2 aliphatic heterocycles. The molecule has 5 rings (SSSR count). The van der Waals surface area contributed by atoms with Gasteiger partial charge in [-0.3, -0.25) is 14.6 Å². The molecule has 3 heterocycles. The van der Waals surface area contributed by atoms with Gasteiger partial charge in [-0.25, -0.2) is 4.90 Å². The topological polar surface area (TPSA) is 104 Å². The fourth-order valence-electron chi connectivity index (χ4n) is 3.48. The molecule has 1 aromatic heterocycles. The molecule has 2 aromatic carbocycles. The van der Waals surface area contributed by atoms with Gasteiger partial charge in [0.25, 0.3) is 11.8 Å². The molecule has 2 unspecified atom stereocenters. The second kappa shape index (κ2) is 7.13. The van der Waals surface area contributed by atoms with Gasteiger partial charge in [0.15, 0.2) is 12.1 Å². The summed E-state index contributed by atoms with van der Waals surface area (Å²) in [7, 11) is 0. The minimum absolute atomic E-state index is 0.0801. The van der Waals surface area contributed by atoms with E-state index in [1.165, 1.54) is 5.01 Å². The van der Waals surface area contributed by atoms with Crippen LogP contribution in [-0.4, -0.2) is 39.0 Å². The molecule has 30 heavy (non-hydrogen) atoms. The number of aromatic nitrogens is 2. The number of hydrogen-bond donors (Lipinski definition) is 0. The zero-order valence-electron chi connectivity index (χ0n) is 15.8. The highest BCUT2D eigenvalue weighted by molar-refractivity contribution is 9.10. The summed E-state index contributed by atoms with van der Waals surface area (Å²) in [6, 6.07) is 13.0. The Morgan fingerprint density at radius 2 is 1.77 bits per heavy atom. The maximum absolute atomic E-state index is 13.0. The number of benzene rings is 2. The highest BCUT2D eigenvalue weighted by Crippen LogP contribution is 2.33. The average molecular weight is 467 g/mol. The van der Waals surface area contributed by atoms with Crippen molar-refractivity contribution in [3.05, 3.63) is 64.5 Å². The third-order valence-corrected chi connectivity index (χ3v) is 5.55. The van der Waals surface area contributed by atoms with Crippen LogP contribution in [0.15, 0.2) is 67.9 Å². The molecular weight excluding hydrogens is 452 g/mol. The van der Waals surface area contributed by atoms with Crippen molar-refractivity contribution in [3.63, 3.8) is 0 Å². The first kappa shape index (κ1) is 18.6. The molecule has 0 N–H and O–H groups in total. The summed E-state index contributed by atoms with van der Waals surface area (Å²) in [6.45, 7) is 2.08. The van der Waals surface area contributed by atoms with Crippen molar-refractivity contribution in [2.45, 2.75) is 25.6 Å². The molecule has 0 spiro atoms. The molecule has 2 aliphatic rings. The van der Waals surface area contributed by atoms with Crippen LogP contribution >= 0.6 is 15.9 Å². The first-order chi connectivity index (χ1) is 14.5. The van der Waals surface area contributed by atoms with Crippen LogP contribution in [0, 0.1) is 6.92 Å². The number of aryl methyl sites for hydroxylation is 1. The van der Waals surface area contributed by atoms with Crippen molar-refractivity contribution >= 4 is 33.4 Å². The standard InChI is InChI=1S/C20H15BrN6O3/c1-11-2-4-12(5-3-11)18-22-15(30-24-18)10-26-17-16(23-25-26)19(28)27(20(17)29)14-8-6-13(21)7-9-14/h2-9,16-17H,10H2,1H3. The van der Waals surface area contributed by atoms with Gasteiger partial charge < -0.3 is 4.52 Å². The molecule has 0 saturated carbocycles. The van der Waals surface area contributed by atoms with Gasteiger partial charge in [0, 0.05) is 10.0 Å². The number of hydrogen-bond acceptors (Lipinski definition) is 8. The number of imide groups is 1. The fraction of sp³-hybridized carbons (Fsp3) is 0.200. The van der Waals surface area contributed by atoms with Gasteiger partial charge in [-0.1, -0.05) is 56.1 Å². The lowest BCUT2D eigenvalue weighted by Crippen LogP contribution is -2.39. The van der Waals surface area contributed by atoms with Crippen molar-refractivity contribution in [2.24, 2.45) is 10.3 Å². The van der Waals surface area contributed by atoms with Crippen molar-refractivity contribution in [3.8, 4) is 11.4 Å². The SMILES string of the molecule is Cc1ccc(-c2noc(CN3N=NC4C(=O)N(c5ccc(Br)cc5)C(=O)C43)n2)cc1. The molecule has 1 fully saturated rings. The Labute approximate surface area is 179 Å². The molecule has 0 aliphatic carbocycles. The molecule has 9 nitrogen and oxygen atoms in total. The van der Waals surface area contributed by atoms with E-state index in [2.05, 4.69) is 36.4 Å². The van der Waals surface area contributed by atoms with Gasteiger partial charge in [0.1, 0.15) is 6.54 Å². The van der Waals surface area contributed by atoms with Crippen molar-refractivity contribution in [1.82, 2.24) is 15.1 Å². The highest BCUT2D eigenvalue weighted by atomic mass is 79.9. The number of carbonyl (C=O) groups excluding carboxylic acids is 2. The summed E-state index contributed by atoms with van der Waals surface area (Å²) in [4.78, 5) is 31.3. The Balaban J connectivity index is 1.36. The summed E-state index contributed by atoms with van der Waals surface area (Å²) < 4.78 is 6.18. The normalized spacial score (nSPS) is 20.3. The average Bonchev–Trinajstić information content (AvgIpc) is 3.43. The van der Waals surface area contributed by atoms with Crippen LogP contribution in [0.3, 0.4) is 0 Å². The quantitative estimate of drug-likeness (QED) is 0.546. The predicted molar refractivity (Wildman–Crippen MR) is 109 cm³/mol. The number of nitrogens with zero attached hydrogens (tertiary/aromatic N) is 6. The van der Waals surface area contributed by atoms with Crippen LogP contribution in [0.25, 0.3) is 11.4 Å². The number of fused-ring (bicyclic) bond motifs is 1. The van der Waals surface area contributed by atoms with E-state index in [9.17, 15) is 9.59 Å². The first-order valence-electron chi connectivity index (χ1n) is 9.22. The van der Waals surface area contributed by atoms with Crippen LogP contribution in [0.5, 0.6) is 0 Å². The molecule has 3 aromatic rings. The Morgan fingerprint density at radius 1 is 1.03 bits per heavy atom. The van der Waals surface area contributed by atoms with Crippen LogP contribution in [0.4, 0.5) is 5.69 Å². The highest BCUT2D eigenvalue weighted by Gasteiger charge is 2.55. The lowest BCUT2D eigenvalue weighted by molar-refractivity contribution is -0.123. The van der Waals surface area contributed by atoms with E-state index in [1.54, 1.807) is 24.3 Å². The molecule has 0 radical (unpaired) electrons. The zero-order chi connectivity index (χ0) is 20.8. The third kappa shape index (κ3) is 3.09. The smallest absolute Gasteiger partial charge is 0.263 e. The zero-order valence-corrected chi connectivity index (χ0v) is 17.4. The lowest BCUT2D eigenvalue weighted by Gasteiger charge is -2.19. The van der Waals surface area contributed by atoms with Gasteiger partial charge in [-0.05, 0) is 31.2 Å². The van der Waals surface area contributed by atoms with E-state index in [1.807, 2.05) is 31.2 Å². The van der Waals surface area contributed by atoms with Crippen molar-refractivity contribution in [1.29, 1.82) is 0 Å². The van der Waals surface area contributed by atoms with Crippen LogP contribution in [0.1, 0.15) is 11.5 Å². The minimum atomic E-state index is -0.874. The Bertz CT molecular complexity index is 1160. The lowest BCUT2D eigenvalue weighted by atomic mass is 10.1. The molecular formula is C20H15BrN6O3. The number of anilines is 1. The van der Waals surface area contributed by atoms with E-state index >= 15 is 0 Å². The number of amides is 2. The molecule has 10 heteroatoms. The molecule has 2 atom stereocenters. The van der Waals surface area contributed by atoms with Gasteiger partial charge >= 0.3 is 0 Å². The Hall–Kier alpha value is -3.40. The maximum Gasteiger partial charge on any atom is 0.263 e. The van der Waals surface area contributed by atoms with Crippen LogP contribution in [0.2, 0.25) is 0 Å².